The number of ether oxygens (including phenoxy) is 1. The van der Waals surface area contributed by atoms with Gasteiger partial charge in [0.1, 0.15) is 0 Å². The Hall–Kier alpha value is -0.220. The van der Waals surface area contributed by atoms with Crippen molar-refractivity contribution in [3.05, 3.63) is 0 Å². The third kappa shape index (κ3) is 3.39. The maximum atomic E-state index is 5.59. The molecule has 92 valence electrons. The first-order valence-electron chi connectivity index (χ1n) is 6.32. The van der Waals surface area contributed by atoms with Gasteiger partial charge in [0.05, 0.1) is 12.6 Å². The van der Waals surface area contributed by atoms with Crippen molar-refractivity contribution >= 4 is 16.9 Å². The lowest BCUT2D eigenvalue weighted by Gasteiger charge is -2.13. The van der Waals surface area contributed by atoms with E-state index in [2.05, 4.69) is 24.2 Å². The van der Waals surface area contributed by atoms with E-state index in [1.807, 2.05) is 11.8 Å². The molecule has 0 bridgehead atoms. The van der Waals surface area contributed by atoms with Gasteiger partial charge in [-0.3, -0.25) is 4.99 Å². The molecule has 4 heteroatoms. The van der Waals surface area contributed by atoms with E-state index in [1.165, 1.54) is 12.8 Å². The van der Waals surface area contributed by atoms with Crippen molar-refractivity contribution in [1.29, 1.82) is 0 Å². The van der Waals surface area contributed by atoms with Crippen LogP contribution in [0.1, 0.15) is 33.1 Å². The van der Waals surface area contributed by atoms with Crippen LogP contribution in [0.25, 0.3) is 0 Å². The topological polar surface area (TPSA) is 33.6 Å². The van der Waals surface area contributed by atoms with Gasteiger partial charge >= 0.3 is 0 Å². The zero-order chi connectivity index (χ0) is 11.4. The Balaban J connectivity index is 1.60. The molecule has 0 saturated carbocycles. The van der Waals surface area contributed by atoms with Crippen LogP contribution in [0.2, 0.25) is 0 Å². The van der Waals surface area contributed by atoms with Gasteiger partial charge in [0.15, 0.2) is 5.17 Å². The quantitative estimate of drug-likeness (QED) is 0.821. The summed E-state index contributed by atoms with van der Waals surface area (Å²) in [6.45, 7) is 7.46. The number of nitrogens with zero attached hydrogens (tertiary/aromatic N) is 1. The molecule has 2 atom stereocenters. The fourth-order valence-electron chi connectivity index (χ4n) is 2.05. The van der Waals surface area contributed by atoms with Gasteiger partial charge in [0.25, 0.3) is 0 Å². The lowest BCUT2D eigenvalue weighted by atomic mass is 10.1. The summed E-state index contributed by atoms with van der Waals surface area (Å²) in [7, 11) is 0. The molecule has 0 aromatic carbocycles. The Morgan fingerprint density at radius 2 is 2.44 bits per heavy atom. The molecule has 2 rings (SSSR count). The molecule has 0 amide bonds. The first kappa shape index (κ1) is 12.2. The fraction of sp³-hybridized carbons (Fsp3) is 0.917. The molecule has 0 aliphatic carbocycles. The van der Waals surface area contributed by atoms with E-state index in [0.29, 0.717) is 17.3 Å². The van der Waals surface area contributed by atoms with Crippen molar-refractivity contribution in [2.24, 2.45) is 10.9 Å². The van der Waals surface area contributed by atoms with Crippen molar-refractivity contribution < 1.29 is 4.74 Å². The van der Waals surface area contributed by atoms with Crippen molar-refractivity contribution in [3.63, 3.8) is 0 Å². The van der Waals surface area contributed by atoms with E-state index in [4.69, 9.17) is 4.74 Å². The summed E-state index contributed by atoms with van der Waals surface area (Å²) in [6, 6.07) is 0. The zero-order valence-electron chi connectivity index (χ0n) is 10.2. The predicted molar refractivity (Wildman–Crippen MR) is 70.1 cm³/mol. The summed E-state index contributed by atoms with van der Waals surface area (Å²) in [4.78, 5) is 4.53. The Labute approximate surface area is 102 Å². The molecule has 2 heterocycles. The van der Waals surface area contributed by atoms with Crippen LogP contribution in [0.15, 0.2) is 4.99 Å². The van der Waals surface area contributed by atoms with E-state index in [9.17, 15) is 0 Å². The molecular weight excluding hydrogens is 220 g/mol. The SMILES string of the molecule is CC(C)C1CN=C(NCCC2CCCO2)S1. The molecule has 2 aliphatic rings. The highest BCUT2D eigenvalue weighted by Gasteiger charge is 2.22. The van der Waals surface area contributed by atoms with Gasteiger partial charge in [-0.15, -0.1) is 0 Å². The van der Waals surface area contributed by atoms with E-state index in [0.717, 1.165) is 31.3 Å². The van der Waals surface area contributed by atoms with Gasteiger partial charge in [-0.1, -0.05) is 25.6 Å². The normalized spacial score (nSPS) is 29.8. The van der Waals surface area contributed by atoms with Crippen molar-refractivity contribution in [2.45, 2.75) is 44.5 Å². The summed E-state index contributed by atoms with van der Waals surface area (Å²) < 4.78 is 5.59. The maximum absolute atomic E-state index is 5.59. The minimum absolute atomic E-state index is 0.486. The minimum Gasteiger partial charge on any atom is -0.378 e. The number of hydrogen-bond donors (Lipinski definition) is 1. The summed E-state index contributed by atoms with van der Waals surface area (Å²) in [5, 5.41) is 5.23. The number of thioether (sulfide) groups is 1. The Morgan fingerprint density at radius 3 is 3.06 bits per heavy atom. The van der Waals surface area contributed by atoms with E-state index >= 15 is 0 Å². The number of hydrogen-bond acceptors (Lipinski definition) is 4. The highest BCUT2D eigenvalue weighted by Crippen LogP contribution is 2.25. The Morgan fingerprint density at radius 1 is 1.56 bits per heavy atom. The van der Waals surface area contributed by atoms with Crippen LogP contribution in [-0.2, 0) is 4.74 Å². The molecule has 1 fully saturated rings. The average Bonchev–Trinajstić information content (AvgIpc) is 2.87. The Bertz CT molecular complexity index is 249. The van der Waals surface area contributed by atoms with Crippen molar-refractivity contribution in [2.75, 3.05) is 19.7 Å². The molecule has 0 radical (unpaired) electrons. The second-order valence-corrected chi connectivity index (χ2v) is 6.12. The molecule has 0 spiro atoms. The molecule has 2 unspecified atom stereocenters. The van der Waals surface area contributed by atoms with Crippen LogP contribution < -0.4 is 5.32 Å². The summed E-state index contributed by atoms with van der Waals surface area (Å²) in [5.41, 5.74) is 0. The first-order chi connectivity index (χ1) is 7.75. The molecule has 2 aliphatic heterocycles. The van der Waals surface area contributed by atoms with Crippen LogP contribution in [0.5, 0.6) is 0 Å². The fourth-order valence-corrected chi connectivity index (χ4v) is 3.09. The van der Waals surface area contributed by atoms with Gasteiger partial charge in [0.2, 0.25) is 0 Å². The number of nitrogens with one attached hydrogen (secondary N) is 1. The molecule has 3 nitrogen and oxygen atoms in total. The lowest BCUT2D eigenvalue weighted by molar-refractivity contribution is 0.105. The average molecular weight is 242 g/mol. The van der Waals surface area contributed by atoms with Gasteiger partial charge in [-0.05, 0) is 25.2 Å². The highest BCUT2D eigenvalue weighted by atomic mass is 32.2. The molecule has 16 heavy (non-hydrogen) atoms. The van der Waals surface area contributed by atoms with Gasteiger partial charge in [-0.2, -0.15) is 0 Å². The van der Waals surface area contributed by atoms with Crippen molar-refractivity contribution in [3.8, 4) is 0 Å². The monoisotopic (exact) mass is 242 g/mol. The lowest BCUT2D eigenvalue weighted by Crippen LogP contribution is -2.24. The van der Waals surface area contributed by atoms with E-state index in [1.54, 1.807) is 0 Å². The first-order valence-corrected chi connectivity index (χ1v) is 7.20. The molecule has 0 aromatic rings. The maximum Gasteiger partial charge on any atom is 0.156 e. The smallest absolute Gasteiger partial charge is 0.156 e. The summed E-state index contributed by atoms with van der Waals surface area (Å²) >= 11 is 1.90. The molecule has 0 aromatic heterocycles. The van der Waals surface area contributed by atoms with Crippen molar-refractivity contribution in [1.82, 2.24) is 5.32 Å². The van der Waals surface area contributed by atoms with Gasteiger partial charge < -0.3 is 10.1 Å². The van der Waals surface area contributed by atoms with Crippen LogP contribution in [0.3, 0.4) is 0 Å². The standard InChI is InChI=1S/C12H22N2OS/c1-9(2)11-8-14-12(16-11)13-6-5-10-4-3-7-15-10/h9-11H,3-8H2,1-2H3,(H,13,14). The molecule has 1 N–H and O–H groups in total. The zero-order valence-corrected chi connectivity index (χ0v) is 11.1. The second kappa shape index (κ2) is 5.92. The highest BCUT2D eigenvalue weighted by molar-refractivity contribution is 8.14. The van der Waals surface area contributed by atoms with Gasteiger partial charge in [0, 0.05) is 18.4 Å². The third-order valence-electron chi connectivity index (χ3n) is 3.19. The number of amidine groups is 1. The van der Waals surface area contributed by atoms with Crippen LogP contribution in [0.4, 0.5) is 0 Å². The third-order valence-corrected chi connectivity index (χ3v) is 4.68. The predicted octanol–water partition coefficient (Wildman–Crippen LogP) is 2.27. The second-order valence-electron chi connectivity index (χ2n) is 4.90. The molecular formula is C12H22N2OS. The van der Waals surface area contributed by atoms with Crippen LogP contribution in [-0.4, -0.2) is 36.2 Å². The largest absolute Gasteiger partial charge is 0.378 e. The minimum atomic E-state index is 0.486. The summed E-state index contributed by atoms with van der Waals surface area (Å²) in [5.74, 6) is 0.714. The van der Waals surface area contributed by atoms with Crippen LogP contribution in [0, 0.1) is 5.92 Å². The van der Waals surface area contributed by atoms with Gasteiger partial charge in [-0.25, -0.2) is 0 Å². The number of rotatable bonds is 4. The van der Waals surface area contributed by atoms with E-state index < -0.39 is 0 Å². The summed E-state index contributed by atoms with van der Waals surface area (Å²) in [6.07, 6.45) is 4.07. The molecule has 1 saturated heterocycles. The van der Waals surface area contributed by atoms with E-state index in [-0.39, 0.29) is 0 Å². The number of aliphatic imine (C=N–C) groups is 1. The van der Waals surface area contributed by atoms with Crippen LogP contribution >= 0.6 is 11.8 Å². The Kier molecular flexibility index (Phi) is 4.53.